The van der Waals surface area contributed by atoms with E-state index in [9.17, 15) is 0 Å². The van der Waals surface area contributed by atoms with Crippen LogP contribution in [-0.2, 0) is 0 Å². The SMILES string of the molecule is Cc1c(N)nsc1N(C)CCCCCO. The van der Waals surface area contributed by atoms with Gasteiger partial charge in [0.1, 0.15) is 10.8 Å². The zero-order valence-electron chi connectivity index (χ0n) is 9.36. The van der Waals surface area contributed by atoms with Gasteiger partial charge in [-0.15, -0.1) is 0 Å². The zero-order valence-corrected chi connectivity index (χ0v) is 10.2. The highest BCUT2D eigenvalue weighted by Gasteiger charge is 2.10. The average molecular weight is 229 g/mol. The van der Waals surface area contributed by atoms with E-state index in [-0.39, 0.29) is 6.61 Å². The minimum atomic E-state index is 0.288. The molecule has 86 valence electrons. The van der Waals surface area contributed by atoms with E-state index in [0.29, 0.717) is 5.82 Å². The Labute approximate surface area is 94.9 Å². The number of aliphatic hydroxyl groups excluding tert-OH is 1. The highest BCUT2D eigenvalue weighted by molar-refractivity contribution is 7.10. The Bertz CT molecular complexity index is 301. The van der Waals surface area contributed by atoms with Crippen molar-refractivity contribution >= 4 is 22.4 Å². The van der Waals surface area contributed by atoms with E-state index in [4.69, 9.17) is 10.8 Å². The van der Waals surface area contributed by atoms with Gasteiger partial charge in [-0.05, 0) is 37.7 Å². The highest BCUT2D eigenvalue weighted by Crippen LogP contribution is 2.28. The van der Waals surface area contributed by atoms with Crippen molar-refractivity contribution in [1.82, 2.24) is 4.37 Å². The number of hydrogen-bond acceptors (Lipinski definition) is 5. The highest BCUT2D eigenvalue weighted by atomic mass is 32.1. The number of nitrogen functional groups attached to an aromatic ring is 1. The van der Waals surface area contributed by atoms with Crippen molar-refractivity contribution in [3.05, 3.63) is 5.56 Å². The van der Waals surface area contributed by atoms with Crippen LogP contribution < -0.4 is 10.6 Å². The van der Waals surface area contributed by atoms with Crippen molar-refractivity contribution in [1.29, 1.82) is 0 Å². The summed E-state index contributed by atoms with van der Waals surface area (Å²) in [5, 5.41) is 9.81. The standard InChI is InChI=1S/C10H19N3OS/c1-8-9(11)12-15-10(8)13(2)6-4-3-5-7-14/h14H,3-7H2,1-2H3,(H2,11,12). The lowest BCUT2D eigenvalue weighted by Gasteiger charge is -2.17. The largest absolute Gasteiger partial charge is 0.396 e. The molecule has 0 spiro atoms. The van der Waals surface area contributed by atoms with Gasteiger partial charge < -0.3 is 15.7 Å². The molecule has 0 saturated heterocycles. The molecule has 0 bridgehead atoms. The molecule has 15 heavy (non-hydrogen) atoms. The van der Waals surface area contributed by atoms with Crippen molar-refractivity contribution in [3.63, 3.8) is 0 Å². The molecule has 0 aliphatic heterocycles. The quantitative estimate of drug-likeness (QED) is 0.728. The number of nitrogens with zero attached hydrogens (tertiary/aromatic N) is 2. The van der Waals surface area contributed by atoms with E-state index in [1.807, 2.05) is 6.92 Å². The lowest BCUT2D eigenvalue weighted by Crippen LogP contribution is -2.18. The normalized spacial score (nSPS) is 10.6. The summed E-state index contributed by atoms with van der Waals surface area (Å²) in [7, 11) is 2.05. The summed E-state index contributed by atoms with van der Waals surface area (Å²) >= 11 is 1.45. The number of hydrogen-bond donors (Lipinski definition) is 2. The first-order chi connectivity index (χ1) is 7.16. The molecule has 4 nitrogen and oxygen atoms in total. The summed E-state index contributed by atoms with van der Waals surface area (Å²) < 4.78 is 4.12. The van der Waals surface area contributed by atoms with Gasteiger partial charge in [0.25, 0.3) is 0 Å². The van der Waals surface area contributed by atoms with Gasteiger partial charge in [0.05, 0.1) is 0 Å². The summed E-state index contributed by atoms with van der Waals surface area (Å²) in [6, 6.07) is 0. The van der Waals surface area contributed by atoms with Crippen molar-refractivity contribution in [2.45, 2.75) is 26.2 Å². The van der Waals surface area contributed by atoms with Gasteiger partial charge in [0.15, 0.2) is 0 Å². The Kier molecular flexibility index (Phi) is 4.84. The van der Waals surface area contributed by atoms with Gasteiger partial charge >= 0.3 is 0 Å². The van der Waals surface area contributed by atoms with Crippen molar-refractivity contribution in [2.24, 2.45) is 0 Å². The van der Waals surface area contributed by atoms with Crippen LogP contribution in [0.3, 0.4) is 0 Å². The maximum absolute atomic E-state index is 8.66. The fourth-order valence-corrected chi connectivity index (χ4v) is 2.23. The Morgan fingerprint density at radius 3 is 2.67 bits per heavy atom. The number of nitrogens with two attached hydrogens (primary N) is 1. The van der Waals surface area contributed by atoms with Gasteiger partial charge in [0.2, 0.25) is 0 Å². The molecule has 1 heterocycles. The first kappa shape index (κ1) is 12.3. The summed E-state index contributed by atoms with van der Waals surface area (Å²) in [4.78, 5) is 2.18. The molecule has 0 aliphatic rings. The van der Waals surface area contributed by atoms with Crippen molar-refractivity contribution in [3.8, 4) is 0 Å². The van der Waals surface area contributed by atoms with E-state index in [1.165, 1.54) is 11.5 Å². The summed E-state index contributed by atoms with van der Waals surface area (Å²) in [6.45, 7) is 3.27. The van der Waals surface area contributed by atoms with Crippen LogP contribution in [0.2, 0.25) is 0 Å². The number of anilines is 2. The van der Waals surface area contributed by atoms with Crippen molar-refractivity contribution < 1.29 is 5.11 Å². The molecule has 1 aromatic heterocycles. The second-order valence-electron chi connectivity index (χ2n) is 3.70. The van der Waals surface area contributed by atoms with Gasteiger partial charge in [0, 0.05) is 25.8 Å². The Morgan fingerprint density at radius 2 is 2.13 bits per heavy atom. The van der Waals surface area contributed by atoms with Gasteiger partial charge in [-0.25, -0.2) is 0 Å². The third-order valence-corrected chi connectivity index (χ3v) is 3.51. The smallest absolute Gasteiger partial charge is 0.142 e. The van der Waals surface area contributed by atoms with Crippen LogP contribution in [0.1, 0.15) is 24.8 Å². The van der Waals surface area contributed by atoms with E-state index in [1.54, 1.807) is 0 Å². The maximum Gasteiger partial charge on any atom is 0.142 e. The Morgan fingerprint density at radius 1 is 1.40 bits per heavy atom. The number of aliphatic hydroxyl groups is 1. The molecule has 0 radical (unpaired) electrons. The number of aromatic nitrogens is 1. The zero-order chi connectivity index (χ0) is 11.3. The van der Waals surface area contributed by atoms with Crippen LogP contribution in [0.5, 0.6) is 0 Å². The van der Waals surface area contributed by atoms with Crippen LogP contribution in [0.25, 0.3) is 0 Å². The third-order valence-electron chi connectivity index (χ3n) is 2.43. The Hall–Kier alpha value is -0.810. The minimum Gasteiger partial charge on any atom is -0.396 e. The average Bonchev–Trinajstić information content (AvgIpc) is 2.55. The lowest BCUT2D eigenvalue weighted by atomic mass is 10.2. The topological polar surface area (TPSA) is 62.4 Å². The predicted octanol–water partition coefficient (Wildman–Crippen LogP) is 1.63. The van der Waals surface area contributed by atoms with Gasteiger partial charge in [-0.3, -0.25) is 0 Å². The molecule has 5 heteroatoms. The van der Waals surface area contributed by atoms with E-state index in [2.05, 4.69) is 16.3 Å². The molecule has 1 aromatic rings. The van der Waals surface area contributed by atoms with Crippen LogP contribution in [0.4, 0.5) is 10.8 Å². The van der Waals surface area contributed by atoms with E-state index in [0.717, 1.165) is 36.4 Å². The third kappa shape index (κ3) is 3.35. The molecule has 0 amide bonds. The monoisotopic (exact) mass is 229 g/mol. The molecule has 0 saturated carbocycles. The summed E-state index contributed by atoms with van der Waals surface area (Å²) in [5.74, 6) is 0.636. The first-order valence-corrected chi connectivity index (χ1v) is 5.98. The van der Waals surface area contributed by atoms with Gasteiger partial charge in [-0.2, -0.15) is 4.37 Å². The molecule has 1 rings (SSSR count). The van der Waals surface area contributed by atoms with Crippen LogP contribution in [0, 0.1) is 6.92 Å². The molecule has 0 unspecified atom stereocenters. The van der Waals surface area contributed by atoms with Crippen LogP contribution >= 0.6 is 11.5 Å². The summed E-state index contributed by atoms with van der Waals surface area (Å²) in [6.07, 6.45) is 3.04. The molecule has 0 fully saturated rings. The number of rotatable bonds is 6. The Balaban J connectivity index is 2.40. The molecule has 0 atom stereocenters. The molecule has 0 aromatic carbocycles. The van der Waals surface area contributed by atoms with Crippen molar-refractivity contribution in [2.75, 3.05) is 30.8 Å². The second kappa shape index (κ2) is 5.92. The van der Waals surface area contributed by atoms with E-state index < -0.39 is 0 Å². The maximum atomic E-state index is 8.66. The van der Waals surface area contributed by atoms with Crippen LogP contribution in [0.15, 0.2) is 0 Å². The van der Waals surface area contributed by atoms with E-state index >= 15 is 0 Å². The summed E-state index contributed by atoms with van der Waals surface area (Å²) in [5.41, 5.74) is 6.77. The second-order valence-corrected chi connectivity index (χ2v) is 4.46. The van der Waals surface area contributed by atoms with Gasteiger partial charge in [-0.1, -0.05) is 0 Å². The van der Waals surface area contributed by atoms with Crippen LogP contribution in [-0.4, -0.2) is 29.7 Å². The lowest BCUT2D eigenvalue weighted by molar-refractivity contribution is 0.283. The molecule has 0 aliphatic carbocycles. The molecule has 3 N–H and O–H groups in total. The predicted molar refractivity (Wildman–Crippen MR) is 65.5 cm³/mol. The number of unbranched alkanes of at least 4 members (excludes halogenated alkanes) is 2. The molecular weight excluding hydrogens is 210 g/mol. The minimum absolute atomic E-state index is 0.288. The molecular formula is C10H19N3OS. The first-order valence-electron chi connectivity index (χ1n) is 5.20. The fourth-order valence-electron chi connectivity index (χ4n) is 1.43. The fraction of sp³-hybridized carbons (Fsp3) is 0.700.